The molecule has 0 aromatic heterocycles. The van der Waals surface area contributed by atoms with Crippen molar-refractivity contribution < 1.29 is 14.1 Å². The van der Waals surface area contributed by atoms with Crippen LogP contribution in [0.15, 0.2) is 0 Å². The fourth-order valence-corrected chi connectivity index (χ4v) is 6.18. The van der Waals surface area contributed by atoms with E-state index in [1.54, 1.807) is 0 Å². The third-order valence-corrected chi connectivity index (χ3v) is 11.6. The molecule has 0 heterocycles. The first kappa shape index (κ1) is 18.3. The molecule has 0 fully saturated rings. The minimum atomic E-state index is -2.45. The first-order valence-corrected chi connectivity index (χ1v) is 9.96. The van der Waals surface area contributed by atoms with E-state index < -0.39 is 18.8 Å². The predicted octanol–water partition coefficient (Wildman–Crippen LogP) is 1.67. The molecule has 0 spiro atoms. The summed E-state index contributed by atoms with van der Waals surface area (Å²) >= 11 is 0. The fraction of sp³-hybridized carbons (Fsp3) is 0.846. The third-order valence-electron chi connectivity index (χ3n) is 4.55. The summed E-state index contributed by atoms with van der Waals surface area (Å²) in [6.07, 6.45) is 3.88. The van der Waals surface area contributed by atoms with Crippen molar-refractivity contribution in [2.75, 3.05) is 24.6 Å². The van der Waals surface area contributed by atoms with E-state index >= 15 is 0 Å². The van der Waals surface area contributed by atoms with E-state index in [9.17, 15) is 9.59 Å². The van der Waals surface area contributed by atoms with E-state index in [4.69, 9.17) is 16.0 Å². The average molecular weight is 292 g/mol. The maximum absolute atomic E-state index is 12.1. The predicted molar refractivity (Wildman–Crippen MR) is 81.6 cm³/mol. The summed E-state index contributed by atoms with van der Waals surface area (Å²) in [7, 11) is 0. The van der Waals surface area contributed by atoms with Crippen LogP contribution in [0.3, 0.4) is 0 Å². The summed E-state index contributed by atoms with van der Waals surface area (Å²) in [6.45, 7) is 5.87. The van der Waals surface area contributed by atoms with Crippen molar-refractivity contribution in [1.82, 2.24) is 0 Å². The molecule has 114 valence electrons. The Balaban J connectivity index is 4.87. The second kappa shape index (κ2) is 7.20. The van der Waals surface area contributed by atoms with Gasteiger partial charge in [-0.25, -0.2) is 0 Å². The summed E-state index contributed by atoms with van der Waals surface area (Å²) in [4.78, 5) is 22.9. The SMILES string of the molecule is CCP(CC)(CC)(CC)OC(=O)[C@@H](N)CCC(N)=O. The molecule has 1 amide bonds. The van der Waals surface area contributed by atoms with Gasteiger partial charge in [0.2, 0.25) is 0 Å². The number of carbonyl (C=O) groups is 2. The van der Waals surface area contributed by atoms with Gasteiger partial charge in [0, 0.05) is 0 Å². The Bertz CT molecular complexity index is 306. The Morgan fingerprint density at radius 1 is 1.05 bits per heavy atom. The van der Waals surface area contributed by atoms with Crippen LogP contribution in [0.2, 0.25) is 0 Å². The summed E-state index contributed by atoms with van der Waals surface area (Å²) in [5.41, 5.74) is 10.8. The van der Waals surface area contributed by atoms with E-state index in [1.807, 2.05) is 0 Å². The fourth-order valence-electron chi connectivity index (χ4n) is 2.34. The van der Waals surface area contributed by atoms with Gasteiger partial charge in [0.15, 0.2) is 0 Å². The molecule has 4 N–H and O–H groups in total. The molecule has 19 heavy (non-hydrogen) atoms. The normalized spacial score (nSPS) is 15.3. The van der Waals surface area contributed by atoms with Gasteiger partial charge in [-0.05, 0) is 0 Å². The van der Waals surface area contributed by atoms with Gasteiger partial charge in [-0.2, -0.15) is 0 Å². The number of hydrogen-bond acceptors (Lipinski definition) is 4. The Morgan fingerprint density at radius 2 is 1.47 bits per heavy atom. The zero-order chi connectivity index (χ0) is 15.1. The van der Waals surface area contributed by atoms with Crippen LogP contribution < -0.4 is 11.5 Å². The average Bonchev–Trinajstić information content (AvgIpc) is 2.42. The van der Waals surface area contributed by atoms with E-state index in [1.165, 1.54) is 0 Å². The van der Waals surface area contributed by atoms with E-state index in [2.05, 4.69) is 27.7 Å². The molecule has 0 aliphatic rings. The molecule has 0 radical (unpaired) electrons. The summed E-state index contributed by atoms with van der Waals surface area (Å²) < 4.78 is 5.93. The molecule has 0 aliphatic carbocycles. The topological polar surface area (TPSA) is 95.4 Å². The molecule has 1 atom stereocenters. The van der Waals surface area contributed by atoms with Gasteiger partial charge in [-0.15, -0.1) is 0 Å². The van der Waals surface area contributed by atoms with Crippen LogP contribution in [0, 0.1) is 0 Å². The van der Waals surface area contributed by atoms with Crippen LogP contribution >= 0.6 is 6.83 Å². The van der Waals surface area contributed by atoms with Crippen molar-refractivity contribution in [1.29, 1.82) is 0 Å². The molecule has 0 aromatic rings. The van der Waals surface area contributed by atoms with Gasteiger partial charge in [-0.1, -0.05) is 0 Å². The molecule has 6 heteroatoms. The Labute approximate surface area is 116 Å². The molecule has 5 nitrogen and oxygen atoms in total. The first-order chi connectivity index (χ1) is 8.78. The molecule has 0 unspecified atom stereocenters. The van der Waals surface area contributed by atoms with Gasteiger partial charge in [0.05, 0.1) is 0 Å². The van der Waals surface area contributed by atoms with Gasteiger partial charge >= 0.3 is 116 Å². The number of nitrogens with two attached hydrogens (primary N) is 2. The van der Waals surface area contributed by atoms with E-state index in [0.717, 1.165) is 24.6 Å². The molecule has 0 saturated carbocycles. The Kier molecular flexibility index (Phi) is 6.95. The van der Waals surface area contributed by atoms with Gasteiger partial charge in [0.1, 0.15) is 0 Å². The van der Waals surface area contributed by atoms with Crippen LogP contribution in [-0.2, 0) is 14.1 Å². The van der Waals surface area contributed by atoms with Crippen LogP contribution in [0.1, 0.15) is 40.5 Å². The molecule has 0 bridgehead atoms. The zero-order valence-corrected chi connectivity index (χ0v) is 13.5. The van der Waals surface area contributed by atoms with Crippen LogP contribution in [0.5, 0.6) is 0 Å². The number of amides is 1. The molecule has 0 aliphatic heterocycles. The standard InChI is InChI=1S/C13H29N2O3P/c1-5-19(6-2,7-3,8-4)18-13(17)11(14)9-10-12(15)16/h11H,5-10,14H2,1-4H3,(H2,15,16)/t11-/m0/s1. The molecular formula is C13H29N2O3P. The molecule has 0 rings (SSSR count). The number of primary amides is 1. The summed E-state index contributed by atoms with van der Waals surface area (Å²) in [5.74, 6) is -0.830. The minimum absolute atomic E-state index is 0.114. The van der Waals surface area contributed by atoms with Gasteiger partial charge < -0.3 is 0 Å². The van der Waals surface area contributed by atoms with Crippen molar-refractivity contribution in [3.05, 3.63) is 0 Å². The van der Waals surface area contributed by atoms with E-state index in [-0.39, 0.29) is 18.8 Å². The zero-order valence-electron chi connectivity index (χ0n) is 12.6. The number of rotatable bonds is 9. The van der Waals surface area contributed by atoms with Crippen molar-refractivity contribution in [3.8, 4) is 0 Å². The Hall–Kier alpha value is -0.670. The van der Waals surface area contributed by atoms with Crippen LogP contribution in [-0.4, -0.2) is 42.6 Å². The van der Waals surface area contributed by atoms with E-state index in [0.29, 0.717) is 0 Å². The molecule has 0 aromatic carbocycles. The summed E-state index contributed by atoms with van der Waals surface area (Å²) in [5, 5.41) is 0. The van der Waals surface area contributed by atoms with Crippen LogP contribution in [0.25, 0.3) is 0 Å². The van der Waals surface area contributed by atoms with Crippen molar-refractivity contribution in [2.45, 2.75) is 46.6 Å². The third kappa shape index (κ3) is 4.43. The number of hydrogen-bond donors (Lipinski definition) is 2. The second-order valence-corrected chi connectivity index (χ2v) is 11.6. The van der Waals surface area contributed by atoms with Crippen LogP contribution in [0.4, 0.5) is 0 Å². The Morgan fingerprint density at radius 3 is 1.79 bits per heavy atom. The molecular weight excluding hydrogens is 263 g/mol. The summed E-state index contributed by atoms with van der Waals surface area (Å²) in [6, 6.07) is -0.759. The monoisotopic (exact) mass is 292 g/mol. The quantitative estimate of drug-likeness (QED) is 0.632. The first-order valence-electron chi connectivity index (χ1n) is 7.06. The second-order valence-electron chi connectivity index (χ2n) is 5.14. The van der Waals surface area contributed by atoms with Gasteiger partial charge in [-0.3, -0.25) is 0 Å². The maximum atomic E-state index is 12.1. The van der Waals surface area contributed by atoms with Crippen molar-refractivity contribution >= 4 is 18.7 Å². The number of carbonyl (C=O) groups excluding carboxylic acids is 2. The van der Waals surface area contributed by atoms with Gasteiger partial charge in [0.25, 0.3) is 0 Å². The van der Waals surface area contributed by atoms with Crippen molar-refractivity contribution in [2.24, 2.45) is 11.5 Å². The molecule has 0 saturated heterocycles. The van der Waals surface area contributed by atoms with Crippen molar-refractivity contribution in [3.63, 3.8) is 0 Å².